The molecule has 7 nitrogen and oxygen atoms in total. The summed E-state index contributed by atoms with van der Waals surface area (Å²) in [6.45, 7) is 23.2. The van der Waals surface area contributed by atoms with Crippen LogP contribution in [0, 0.1) is 0 Å². The van der Waals surface area contributed by atoms with Crippen LogP contribution in [0.2, 0.25) is 36.3 Å². The highest BCUT2D eigenvalue weighted by Crippen LogP contribution is 2.48. The van der Waals surface area contributed by atoms with E-state index < -0.39 is 34.4 Å². The molecule has 0 bridgehead atoms. The van der Waals surface area contributed by atoms with Gasteiger partial charge in [-0.3, -0.25) is 9.59 Å². The first-order valence-corrected chi connectivity index (χ1v) is 17.5. The molecule has 0 spiro atoms. The van der Waals surface area contributed by atoms with E-state index in [-0.39, 0.29) is 53.4 Å². The number of amides is 1. The second-order valence-corrected chi connectivity index (χ2v) is 22.2. The van der Waals surface area contributed by atoms with Crippen molar-refractivity contribution in [1.82, 2.24) is 5.32 Å². The molecule has 0 aromatic carbocycles. The number of ether oxygens (including phenoxy) is 1. The molecule has 1 aliphatic heterocycles. The van der Waals surface area contributed by atoms with Crippen molar-refractivity contribution in [3.8, 4) is 0 Å². The van der Waals surface area contributed by atoms with Crippen LogP contribution in [0.15, 0.2) is 0 Å². The van der Waals surface area contributed by atoms with E-state index in [1.54, 1.807) is 0 Å². The summed E-state index contributed by atoms with van der Waals surface area (Å²) in [6, 6.07) is -0.474. The summed E-state index contributed by atoms with van der Waals surface area (Å²) < 4.78 is 18.6. The van der Waals surface area contributed by atoms with Crippen LogP contribution in [0.4, 0.5) is 0 Å². The van der Waals surface area contributed by atoms with Crippen molar-refractivity contribution < 1.29 is 28.3 Å². The summed E-state index contributed by atoms with van der Waals surface area (Å²) in [5, 5.41) is 14.3. The van der Waals surface area contributed by atoms with Gasteiger partial charge >= 0.3 is 0 Å². The fourth-order valence-electron chi connectivity index (χ4n) is 3.66. The highest BCUT2D eigenvalue weighted by atomic mass is 28.4. The number of aliphatic hydroxyl groups is 1. The van der Waals surface area contributed by atoms with Crippen LogP contribution in [-0.2, 0) is 23.2 Å². The van der Waals surface area contributed by atoms with Crippen molar-refractivity contribution in [3.63, 3.8) is 0 Å². The second kappa shape index (κ2) is 8.89. The standard InChI is InChI=1S/C23H45NO6Si2/c1-15(25)24-16(14-28-31(8,9)21(2,3)4)13-23(27)18(26)12-17(19-20(23)29-19)30-32(10,11)22(5,6)7/h16-17,19-20,27H,12-14H2,1-11H3,(H,24,25)/t16-,17+,19-,20-,23+/m0/s1. The number of carbonyl (C=O) groups is 2. The van der Waals surface area contributed by atoms with Gasteiger partial charge in [-0.2, -0.15) is 0 Å². The maximum absolute atomic E-state index is 13.1. The number of carbonyl (C=O) groups excluding carboxylic acids is 2. The largest absolute Gasteiger partial charge is 0.415 e. The van der Waals surface area contributed by atoms with Crippen LogP contribution in [0.1, 0.15) is 61.3 Å². The molecule has 1 heterocycles. The summed E-state index contributed by atoms with van der Waals surface area (Å²) >= 11 is 0. The molecule has 0 aromatic heterocycles. The van der Waals surface area contributed by atoms with Crippen LogP contribution >= 0.6 is 0 Å². The van der Waals surface area contributed by atoms with Crippen LogP contribution in [0.25, 0.3) is 0 Å². The van der Waals surface area contributed by atoms with Gasteiger partial charge in [0.1, 0.15) is 12.2 Å². The van der Waals surface area contributed by atoms with Gasteiger partial charge in [-0.1, -0.05) is 41.5 Å². The maximum Gasteiger partial charge on any atom is 0.217 e. The van der Waals surface area contributed by atoms with E-state index in [9.17, 15) is 14.7 Å². The lowest BCUT2D eigenvalue weighted by Crippen LogP contribution is -2.58. The normalized spacial score (nSPS) is 30.0. The molecule has 1 aliphatic carbocycles. The Morgan fingerprint density at radius 1 is 1.16 bits per heavy atom. The number of nitrogens with one attached hydrogen (secondary N) is 1. The summed E-state index contributed by atoms with van der Waals surface area (Å²) in [5.41, 5.74) is -1.64. The van der Waals surface area contributed by atoms with Crippen LogP contribution in [0.5, 0.6) is 0 Å². The SMILES string of the molecule is CC(=O)N[C@H](CO[Si](C)(C)C(C)(C)C)C[C@@]1(O)C(=O)C[C@@H](O[Si](C)(C)C(C)(C)C)[C@@H]2O[C@@H]21. The van der Waals surface area contributed by atoms with Gasteiger partial charge in [0.25, 0.3) is 0 Å². The fourth-order valence-corrected chi connectivity index (χ4v) is 6.04. The smallest absolute Gasteiger partial charge is 0.217 e. The van der Waals surface area contributed by atoms with Crippen molar-refractivity contribution >= 4 is 28.3 Å². The van der Waals surface area contributed by atoms with E-state index >= 15 is 0 Å². The highest BCUT2D eigenvalue weighted by molar-refractivity contribution is 6.74. The van der Waals surface area contributed by atoms with E-state index in [1.165, 1.54) is 6.92 Å². The molecule has 0 unspecified atom stereocenters. The summed E-state index contributed by atoms with van der Waals surface area (Å²) in [4.78, 5) is 25.0. The maximum atomic E-state index is 13.1. The molecule has 32 heavy (non-hydrogen) atoms. The molecular weight excluding hydrogens is 442 g/mol. The zero-order valence-electron chi connectivity index (χ0n) is 21.9. The molecule has 0 radical (unpaired) electrons. The monoisotopic (exact) mass is 487 g/mol. The molecule has 1 saturated heterocycles. The first kappa shape index (κ1) is 27.7. The first-order chi connectivity index (χ1) is 14.2. The predicted octanol–water partition coefficient (Wildman–Crippen LogP) is 3.76. The number of rotatable bonds is 8. The Morgan fingerprint density at radius 2 is 1.69 bits per heavy atom. The zero-order chi connectivity index (χ0) is 24.9. The van der Waals surface area contributed by atoms with Gasteiger partial charge in [-0.05, 0) is 36.3 Å². The van der Waals surface area contributed by atoms with Gasteiger partial charge in [-0.25, -0.2) is 0 Å². The molecule has 2 aliphatic rings. The van der Waals surface area contributed by atoms with Crippen LogP contribution < -0.4 is 5.32 Å². The van der Waals surface area contributed by atoms with Crippen LogP contribution in [-0.4, -0.2) is 70.0 Å². The van der Waals surface area contributed by atoms with Crippen LogP contribution in [0.3, 0.4) is 0 Å². The van der Waals surface area contributed by atoms with E-state index in [4.69, 9.17) is 13.6 Å². The molecule has 186 valence electrons. The third-order valence-electron chi connectivity index (χ3n) is 7.90. The Bertz CT molecular complexity index is 727. The molecular formula is C23H45NO6Si2. The minimum absolute atomic E-state index is 0.0182. The van der Waals surface area contributed by atoms with Gasteiger partial charge in [0.05, 0.1) is 18.8 Å². The average Bonchev–Trinajstić information content (AvgIpc) is 3.37. The minimum atomic E-state index is -2.08. The van der Waals surface area contributed by atoms with Gasteiger partial charge in [0, 0.05) is 19.8 Å². The molecule has 0 aromatic rings. The van der Waals surface area contributed by atoms with Crippen molar-refractivity contribution in [1.29, 1.82) is 0 Å². The molecule has 2 fully saturated rings. The van der Waals surface area contributed by atoms with Gasteiger partial charge in [0.15, 0.2) is 28.0 Å². The molecule has 2 rings (SSSR count). The van der Waals surface area contributed by atoms with E-state index in [1.807, 2.05) is 0 Å². The Kier molecular flexibility index (Phi) is 7.68. The number of ketones is 1. The van der Waals surface area contributed by atoms with E-state index in [0.717, 1.165) is 0 Å². The highest BCUT2D eigenvalue weighted by Gasteiger charge is 2.66. The van der Waals surface area contributed by atoms with E-state index in [2.05, 4.69) is 73.0 Å². The van der Waals surface area contributed by atoms with Gasteiger partial charge < -0.3 is 24.0 Å². The predicted molar refractivity (Wildman–Crippen MR) is 131 cm³/mol. The fraction of sp³-hybridized carbons (Fsp3) is 0.913. The van der Waals surface area contributed by atoms with E-state index in [0.29, 0.717) is 0 Å². The Labute approximate surface area is 196 Å². The molecule has 5 atom stereocenters. The third kappa shape index (κ3) is 5.91. The van der Waals surface area contributed by atoms with Crippen molar-refractivity contribution in [2.75, 3.05) is 6.61 Å². The zero-order valence-corrected chi connectivity index (χ0v) is 23.9. The molecule has 2 N–H and O–H groups in total. The summed E-state index contributed by atoms with van der Waals surface area (Å²) in [6.07, 6.45) is -1.00. The van der Waals surface area contributed by atoms with Crippen molar-refractivity contribution in [3.05, 3.63) is 0 Å². The summed E-state index contributed by atoms with van der Waals surface area (Å²) in [5.74, 6) is -0.490. The lowest BCUT2D eigenvalue weighted by atomic mass is 9.78. The summed E-state index contributed by atoms with van der Waals surface area (Å²) in [7, 11) is -4.13. The second-order valence-electron chi connectivity index (χ2n) is 12.7. The van der Waals surface area contributed by atoms with Gasteiger partial charge in [0.2, 0.25) is 5.91 Å². The van der Waals surface area contributed by atoms with Crippen molar-refractivity contribution in [2.45, 2.75) is 128 Å². The Morgan fingerprint density at radius 3 is 2.16 bits per heavy atom. The molecule has 1 amide bonds. The average molecular weight is 488 g/mol. The Balaban J connectivity index is 2.12. The number of hydrogen-bond donors (Lipinski definition) is 2. The van der Waals surface area contributed by atoms with Gasteiger partial charge in [-0.15, -0.1) is 0 Å². The molecule has 9 heteroatoms. The lowest BCUT2D eigenvalue weighted by molar-refractivity contribution is -0.145. The number of Topliss-reactive ketones (excluding diaryl/α,β-unsaturated/α-hetero) is 1. The number of epoxide rings is 1. The molecule has 1 saturated carbocycles. The lowest BCUT2D eigenvalue weighted by Gasteiger charge is -2.41. The topological polar surface area (TPSA) is 97.4 Å². The third-order valence-corrected chi connectivity index (χ3v) is 16.9. The number of fused-ring (bicyclic) bond motifs is 1. The quantitative estimate of drug-likeness (QED) is 0.400. The minimum Gasteiger partial charge on any atom is -0.415 e. The Hall–Kier alpha value is -0.586. The van der Waals surface area contributed by atoms with Crippen molar-refractivity contribution in [2.24, 2.45) is 0 Å². The first-order valence-electron chi connectivity index (χ1n) is 11.7. The number of hydrogen-bond acceptors (Lipinski definition) is 6.